The van der Waals surface area contributed by atoms with Crippen molar-refractivity contribution in [2.75, 3.05) is 17.1 Å². The van der Waals surface area contributed by atoms with Gasteiger partial charge in [-0.1, -0.05) is 51.3 Å². The molecule has 0 heterocycles. The van der Waals surface area contributed by atoms with E-state index in [2.05, 4.69) is 21.2 Å². The minimum atomic E-state index is -3.88. The summed E-state index contributed by atoms with van der Waals surface area (Å²) in [5.74, 6) is -0.913. The first kappa shape index (κ1) is 28.4. The van der Waals surface area contributed by atoms with Crippen molar-refractivity contribution in [3.63, 3.8) is 0 Å². The third kappa shape index (κ3) is 8.15. The average Bonchev–Trinajstić information content (AvgIpc) is 2.69. The van der Waals surface area contributed by atoms with Gasteiger partial charge in [-0.3, -0.25) is 13.9 Å². The molecule has 2 aromatic carbocycles. The van der Waals surface area contributed by atoms with E-state index in [0.717, 1.165) is 20.6 Å². The summed E-state index contributed by atoms with van der Waals surface area (Å²) >= 11 is 15.6. The van der Waals surface area contributed by atoms with Crippen LogP contribution in [-0.2, 0) is 26.2 Å². The second kappa shape index (κ2) is 11.3. The number of halogens is 3. The van der Waals surface area contributed by atoms with E-state index in [9.17, 15) is 18.0 Å². The predicted molar refractivity (Wildman–Crippen MR) is 141 cm³/mol. The van der Waals surface area contributed by atoms with E-state index in [1.165, 1.54) is 23.1 Å². The Hall–Kier alpha value is -1.81. The Morgan fingerprint density at radius 3 is 2.18 bits per heavy atom. The highest BCUT2D eigenvalue weighted by atomic mass is 79.9. The molecule has 0 aliphatic heterocycles. The topological polar surface area (TPSA) is 86.8 Å². The first-order valence-corrected chi connectivity index (χ1v) is 13.8. The highest BCUT2D eigenvalue weighted by Crippen LogP contribution is 2.30. The van der Waals surface area contributed by atoms with Gasteiger partial charge in [0.1, 0.15) is 12.6 Å². The van der Waals surface area contributed by atoms with E-state index < -0.39 is 34.1 Å². The number of sulfonamides is 1. The lowest BCUT2D eigenvalue weighted by atomic mass is 10.1. The normalized spacial score (nSPS) is 12.7. The molecule has 0 radical (unpaired) electrons. The second-order valence-corrected chi connectivity index (χ2v) is 12.6. The first-order chi connectivity index (χ1) is 15.6. The van der Waals surface area contributed by atoms with Gasteiger partial charge in [0.15, 0.2) is 0 Å². The van der Waals surface area contributed by atoms with Gasteiger partial charge in [0.05, 0.1) is 17.0 Å². The summed E-state index contributed by atoms with van der Waals surface area (Å²) in [4.78, 5) is 27.8. The summed E-state index contributed by atoms with van der Waals surface area (Å²) in [5, 5.41) is 3.29. The second-order valence-electron chi connectivity index (χ2n) is 8.93. The monoisotopic (exact) mass is 591 g/mol. The molecule has 1 atom stereocenters. The smallest absolute Gasteiger partial charge is 0.244 e. The Morgan fingerprint density at radius 2 is 1.68 bits per heavy atom. The fraction of sp³-hybridized carbons (Fsp3) is 0.391. The fourth-order valence-corrected chi connectivity index (χ4v) is 4.81. The van der Waals surface area contributed by atoms with E-state index >= 15 is 0 Å². The zero-order valence-corrected chi connectivity index (χ0v) is 23.5. The highest BCUT2D eigenvalue weighted by molar-refractivity contribution is 9.10. The van der Waals surface area contributed by atoms with Crippen molar-refractivity contribution in [2.45, 2.75) is 45.8 Å². The predicted octanol–water partition coefficient (Wildman–Crippen LogP) is 4.85. The van der Waals surface area contributed by atoms with Gasteiger partial charge < -0.3 is 10.2 Å². The Balaban J connectivity index is 2.43. The molecular formula is C23H28BrCl2N3O4S. The van der Waals surface area contributed by atoms with Crippen molar-refractivity contribution in [1.29, 1.82) is 0 Å². The van der Waals surface area contributed by atoms with E-state index in [0.29, 0.717) is 5.02 Å². The largest absolute Gasteiger partial charge is 0.350 e. The minimum Gasteiger partial charge on any atom is -0.350 e. The molecule has 0 saturated carbocycles. The lowest BCUT2D eigenvalue weighted by Crippen LogP contribution is -2.54. The lowest BCUT2D eigenvalue weighted by Gasteiger charge is -2.33. The quantitative estimate of drug-likeness (QED) is 0.474. The molecule has 2 aromatic rings. The lowest BCUT2D eigenvalue weighted by molar-refractivity contribution is -0.140. The number of carbonyl (C=O) groups is 2. The minimum absolute atomic E-state index is 0.0868. The molecule has 186 valence electrons. The van der Waals surface area contributed by atoms with Crippen LogP contribution in [0.25, 0.3) is 0 Å². The molecule has 2 rings (SSSR count). The molecule has 1 N–H and O–H groups in total. The van der Waals surface area contributed by atoms with Crippen LogP contribution >= 0.6 is 39.1 Å². The number of nitrogens with one attached hydrogen (secondary N) is 1. The third-order valence-corrected chi connectivity index (χ3v) is 6.98. The van der Waals surface area contributed by atoms with Crippen LogP contribution in [0.15, 0.2) is 46.9 Å². The van der Waals surface area contributed by atoms with Gasteiger partial charge in [0.2, 0.25) is 21.8 Å². The number of nitrogens with zero attached hydrogens (tertiary/aromatic N) is 2. The number of hydrogen-bond acceptors (Lipinski definition) is 4. The zero-order chi connectivity index (χ0) is 25.8. The molecule has 11 heteroatoms. The number of amides is 2. The Labute approximate surface area is 219 Å². The number of anilines is 1. The zero-order valence-electron chi connectivity index (χ0n) is 19.6. The highest BCUT2D eigenvalue weighted by Gasteiger charge is 2.32. The Bertz CT molecular complexity index is 1150. The van der Waals surface area contributed by atoms with E-state index in [1.54, 1.807) is 6.92 Å². The molecule has 0 aliphatic rings. The van der Waals surface area contributed by atoms with Crippen LogP contribution in [0.4, 0.5) is 5.69 Å². The summed E-state index contributed by atoms with van der Waals surface area (Å²) in [6.07, 6.45) is 0.986. The van der Waals surface area contributed by atoms with Crippen LogP contribution in [0.1, 0.15) is 33.3 Å². The summed E-state index contributed by atoms with van der Waals surface area (Å²) < 4.78 is 27.0. The maximum absolute atomic E-state index is 13.5. The van der Waals surface area contributed by atoms with Crippen LogP contribution in [-0.4, -0.2) is 49.5 Å². The summed E-state index contributed by atoms with van der Waals surface area (Å²) in [6.45, 7) is 6.70. The maximum Gasteiger partial charge on any atom is 0.244 e. The van der Waals surface area contributed by atoms with Crippen LogP contribution < -0.4 is 9.62 Å². The molecule has 0 saturated heterocycles. The van der Waals surface area contributed by atoms with Gasteiger partial charge in [-0.2, -0.15) is 0 Å². The number of hydrogen-bond donors (Lipinski definition) is 1. The maximum atomic E-state index is 13.5. The fourth-order valence-electron chi connectivity index (χ4n) is 3.12. The van der Waals surface area contributed by atoms with Gasteiger partial charge in [0, 0.05) is 21.6 Å². The molecule has 0 aliphatic carbocycles. The number of carbonyl (C=O) groups excluding carboxylic acids is 2. The van der Waals surface area contributed by atoms with Crippen molar-refractivity contribution < 1.29 is 18.0 Å². The molecule has 0 fully saturated rings. The van der Waals surface area contributed by atoms with E-state index in [1.807, 2.05) is 45.0 Å². The van der Waals surface area contributed by atoms with E-state index in [4.69, 9.17) is 23.2 Å². The van der Waals surface area contributed by atoms with Gasteiger partial charge in [-0.15, -0.1) is 0 Å². The summed E-state index contributed by atoms with van der Waals surface area (Å²) in [7, 11) is -3.88. The van der Waals surface area contributed by atoms with Crippen molar-refractivity contribution in [1.82, 2.24) is 10.2 Å². The number of benzene rings is 2. The molecule has 7 nitrogen and oxygen atoms in total. The van der Waals surface area contributed by atoms with Gasteiger partial charge in [-0.05, 0) is 63.6 Å². The van der Waals surface area contributed by atoms with Gasteiger partial charge in [0.25, 0.3) is 0 Å². The standard InChI is InChI=1S/C23H28BrCl2N3O4S/c1-15(22(31)27-23(2,3)4)28(13-16-6-8-17(24)9-7-16)21(30)14-29(34(5,32)33)20-11-10-18(25)12-19(20)26/h6-12,15H,13-14H2,1-5H3,(H,27,31)/t15-/m1/s1. The van der Waals surface area contributed by atoms with Crippen molar-refractivity contribution in [3.8, 4) is 0 Å². The molecule has 0 bridgehead atoms. The van der Waals surface area contributed by atoms with Crippen molar-refractivity contribution >= 4 is 66.7 Å². The molecule has 2 amide bonds. The first-order valence-electron chi connectivity index (χ1n) is 10.4. The SMILES string of the molecule is C[C@H](C(=O)NC(C)(C)C)N(Cc1ccc(Br)cc1)C(=O)CN(c1ccc(Cl)cc1Cl)S(C)(=O)=O. The molecule has 0 unspecified atom stereocenters. The third-order valence-electron chi connectivity index (χ3n) is 4.79. The van der Waals surface area contributed by atoms with Gasteiger partial charge in [-0.25, -0.2) is 8.42 Å². The van der Waals surface area contributed by atoms with Crippen LogP contribution in [0.2, 0.25) is 10.0 Å². The van der Waals surface area contributed by atoms with Crippen LogP contribution in [0.5, 0.6) is 0 Å². The Kier molecular flexibility index (Phi) is 9.44. The van der Waals surface area contributed by atoms with Crippen LogP contribution in [0, 0.1) is 0 Å². The average molecular weight is 593 g/mol. The van der Waals surface area contributed by atoms with Gasteiger partial charge >= 0.3 is 0 Å². The number of rotatable bonds is 8. The molecule has 34 heavy (non-hydrogen) atoms. The Morgan fingerprint density at radius 1 is 1.09 bits per heavy atom. The summed E-state index contributed by atoms with van der Waals surface area (Å²) in [6, 6.07) is 10.8. The summed E-state index contributed by atoms with van der Waals surface area (Å²) in [5.41, 5.74) is 0.396. The van der Waals surface area contributed by atoms with Crippen LogP contribution in [0.3, 0.4) is 0 Å². The van der Waals surface area contributed by atoms with Crippen molar-refractivity contribution in [2.24, 2.45) is 0 Å². The van der Waals surface area contributed by atoms with Crippen molar-refractivity contribution in [3.05, 3.63) is 62.5 Å². The van der Waals surface area contributed by atoms with E-state index in [-0.39, 0.29) is 23.2 Å². The molecule has 0 spiro atoms. The molecule has 0 aromatic heterocycles. The molecular weight excluding hydrogens is 565 g/mol.